The number of halogens is 3. The molecule has 1 aromatic rings. The molecule has 1 rings (SSSR count). The fraction of sp³-hybridized carbons (Fsp3) is 0.417. The molecule has 0 saturated carbocycles. The van der Waals surface area contributed by atoms with E-state index in [1.54, 1.807) is 30.1 Å². The van der Waals surface area contributed by atoms with Crippen molar-refractivity contribution in [3.05, 3.63) is 33.8 Å². The van der Waals surface area contributed by atoms with E-state index in [1.165, 1.54) is 0 Å². The number of carbonyl (C=O) groups excluding carboxylic acids is 1. The molecule has 0 N–H and O–H groups in total. The van der Waals surface area contributed by atoms with Gasteiger partial charge in [0, 0.05) is 28.5 Å². The van der Waals surface area contributed by atoms with E-state index in [0.717, 1.165) is 0 Å². The van der Waals surface area contributed by atoms with Gasteiger partial charge in [0.1, 0.15) is 0 Å². The zero-order valence-electron chi connectivity index (χ0n) is 9.93. The van der Waals surface area contributed by atoms with Crippen molar-refractivity contribution in [2.24, 2.45) is 0 Å². The van der Waals surface area contributed by atoms with Crippen LogP contribution in [0.15, 0.2) is 18.2 Å². The average Bonchev–Trinajstić information content (AvgIpc) is 2.25. The molecular formula is C12H14Cl3NO. The molecule has 0 atom stereocenters. The molecule has 0 heterocycles. The number of rotatable bonds is 3. The van der Waals surface area contributed by atoms with E-state index in [4.69, 9.17) is 34.8 Å². The van der Waals surface area contributed by atoms with E-state index in [-0.39, 0.29) is 5.91 Å². The maximum atomic E-state index is 12.2. The van der Waals surface area contributed by atoms with Crippen LogP contribution in [0.25, 0.3) is 0 Å². The first-order chi connectivity index (χ1) is 7.77. The topological polar surface area (TPSA) is 20.3 Å². The number of amides is 1. The lowest BCUT2D eigenvalue weighted by molar-refractivity contribution is 0.0660. The molecule has 0 fully saturated rings. The standard InChI is InChI=1S/C12H14Cl3NO/c1-12(2,7-13)16(3)11(17)8-4-9(14)6-10(15)5-8/h4-6H,7H2,1-3H3. The summed E-state index contributed by atoms with van der Waals surface area (Å²) in [5, 5.41) is 0.885. The Morgan fingerprint density at radius 1 is 1.24 bits per heavy atom. The quantitative estimate of drug-likeness (QED) is 0.769. The second kappa shape index (κ2) is 5.47. The van der Waals surface area contributed by atoms with Crippen molar-refractivity contribution in [1.82, 2.24) is 4.90 Å². The first-order valence-electron chi connectivity index (χ1n) is 5.08. The minimum absolute atomic E-state index is 0.153. The number of nitrogens with zero attached hydrogens (tertiary/aromatic N) is 1. The Morgan fingerprint density at radius 3 is 2.12 bits per heavy atom. The fourth-order valence-electron chi connectivity index (χ4n) is 1.24. The molecule has 0 aliphatic rings. The van der Waals surface area contributed by atoms with E-state index < -0.39 is 5.54 Å². The molecule has 0 aromatic heterocycles. The van der Waals surface area contributed by atoms with Gasteiger partial charge in [-0.25, -0.2) is 0 Å². The molecule has 0 unspecified atom stereocenters. The van der Waals surface area contributed by atoms with E-state index in [9.17, 15) is 4.79 Å². The summed E-state index contributed by atoms with van der Waals surface area (Å²) < 4.78 is 0. The lowest BCUT2D eigenvalue weighted by atomic mass is 10.0. The largest absolute Gasteiger partial charge is 0.335 e. The van der Waals surface area contributed by atoms with Gasteiger partial charge >= 0.3 is 0 Å². The SMILES string of the molecule is CN(C(=O)c1cc(Cl)cc(Cl)c1)C(C)(C)CCl. The highest BCUT2D eigenvalue weighted by molar-refractivity contribution is 6.35. The molecule has 17 heavy (non-hydrogen) atoms. The van der Waals surface area contributed by atoms with Gasteiger partial charge in [0.05, 0.1) is 5.54 Å². The Balaban J connectivity index is 3.04. The summed E-state index contributed by atoms with van der Waals surface area (Å²) in [7, 11) is 1.71. The molecule has 0 aliphatic carbocycles. The second-order valence-electron chi connectivity index (χ2n) is 4.47. The molecule has 1 amide bonds. The Morgan fingerprint density at radius 2 is 1.71 bits per heavy atom. The van der Waals surface area contributed by atoms with Gasteiger partial charge in [-0.05, 0) is 32.0 Å². The number of hydrogen-bond acceptors (Lipinski definition) is 1. The first-order valence-corrected chi connectivity index (χ1v) is 6.37. The molecule has 5 heteroatoms. The summed E-state index contributed by atoms with van der Waals surface area (Å²) >= 11 is 17.6. The van der Waals surface area contributed by atoms with Crippen molar-refractivity contribution in [3.8, 4) is 0 Å². The number of carbonyl (C=O) groups is 1. The summed E-state index contributed by atoms with van der Waals surface area (Å²) in [6.45, 7) is 3.79. The second-order valence-corrected chi connectivity index (χ2v) is 5.61. The van der Waals surface area contributed by atoms with E-state index in [1.807, 2.05) is 13.8 Å². The molecule has 0 bridgehead atoms. The molecule has 1 aromatic carbocycles. The van der Waals surface area contributed by atoms with Crippen LogP contribution in [0.3, 0.4) is 0 Å². The maximum Gasteiger partial charge on any atom is 0.254 e. The van der Waals surface area contributed by atoms with Gasteiger partial charge < -0.3 is 4.90 Å². The Bertz CT molecular complexity index is 412. The predicted octanol–water partition coefficient (Wildman–Crippen LogP) is 4.08. The van der Waals surface area contributed by atoms with Crippen molar-refractivity contribution in [1.29, 1.82) is 0 Å². The highest BCUT2D eigenvalue weighted by Crippen LogP contribution is 2.23. The molecule has 0 aliphatic heterocycles. The fourth-order valence-corrected chi connectivity index (χ4v) is 1.94. The van der Waals surface area contributed by atoms with Gasteiger partial charge in [-0.2, -0.15) is 0 Å². The number of alkyl halides is 1. The third kappa shape index (κ3) is 3.51. The zero-order chi connectivity index (χ0) is 13.2. The van der Waals surface area contributed by atoms with Gasteiger partial charge in [0.25, 0.3) is 5.91 Å². The van der Waals surface area contributed by atoms with Gasteiger partial charge in [-0.3, -0.25) is 4.79 Å². The van der Waals surface area contributed by atoms with Crippen LogP contribution in [-0.4, -0.2) is 29.3 Å². The van der Waals surface area contributed by atoms with Crippen molar-refractivity contribution in [2.45, 2.75) is 19.4 Å². The van der Waals surface area contributed by atoms with Crippen LogP contribution < -0.4 is 0 Å². The van der Waals surface area contributed by atoms with Crippen LogP contribution in [0.2, 0.25) is 10.0 Å². The van der Waals surface area contributed by atoms with Crippen LogP contribution >= 0.6 is 34.8 Å². The Kier molecular flexibility index (Phi) is 4.70. The lowest BCUT2D eigenvalue weighted by Gasteiger charge is -2.34. The third-order valence-corrected chi connectivity index (χ3v) is 3.74. The van der Waals surface area contributed by atoms with Crippen LogP contribution in [0.1, 0.15) is 24.2 Å². The summed E-state index contributed by atoms with van der Waals surface area (Å²) in [5.74, 6) is 0.198. The van der Waals surface area contributed by atoms with E-state index in [0.29, 0.717) is 21.5 Å². The molecule has 0 radical (unpaired) electrons. The highest BCUT2D eigenvalue weighted by atomic mass is 35.5. The van der Waals surface area contributed by atoms with Crippen molar-refractivity contribution in [2.75, 3.05) is 12.9 Å². The van der Waals surface area contributed by atoms with Crippen molar-refractivity contribution < 1.29 is 4.79 Å². The van der Waals surface area contributed by atoms with Gasteiger partial charge in [0.15, 0.2) is 0 Å². The normalized spacial score (nSPS) is 11.4. The first kappa shape index (κ1) is 14.6. The van der Waals surface area contributed by atoms with Gasteiger partial charge in [0.2, 0.25) is 0 Å². The lowest BCUT2D eigenvalue weighted by Crippen LogP contribution is -2.46. The van der Waals surface area contributed by atoms with Crippen LogP contribution in [-0.2, 0) is 0 Å². The zero-order valence-corrected chi connectivity index (χ0v) is 12.2. The number of benzene rings is 1. The van der Waals surface area contributed by atoms with Crippen LogP contribution in [0, 0.1) is 0 Å². The van der Waals surface area contributed by atoms with E-state index in [2.05, 4.69) is 0 Å². The molecule has 94 valence electrons. The number of hydrogen-bond donors (Lipinski definition) is 0. The average molecular weight is 295 g/mol. The summed E-state index contributed by atoms with van der Waals surface area (Å²) in [6.07, 6.45) is 0. The Hall–Kier alpha value is -0.440. The van der Waals surface area contributed by atoms with Gasteiger partial charge in [-0.15, -0.1) is 11.6 Å². The van der Waals surface area contributed by atoms with Crippen LogP contribution in [0.4, 0.5) is 0 Å². The minimum atomic E-state index is -0.423. The monoisotopic (exact) mass is 293 g/mol. The molecule has 2 nitrogen and oxygen atoms in total. The molecular weight excluding hydrogens is 280 g/mol. The third-order valence-electron chi connectivity index (χ3n) is 2.65. The maximum absolute atomic E-state index is 12.2. The Labute approximate surface area is 116 Å². The minimum Gasteiger partial charge on any atom is -0.335 e. The summed E-state index contributed by atoms with van der Waals surface area (Å²) in [4.78, 5) is 13.8. The summed E-state index contributed by atoms with van der Waals surface area (Å²) in [5.41, 5.74) is 0.0381. The van der Waals surface area contributed by atoms with Crippen LogP contribution in [0.5, 0.6) is 0 Å². The van der Waals surface area contributed by atoms with Crippen molar-refractivity contribution in [3.63, 3.8) is 0 Å². The summed E-state index contributed by atoms with van der Waals surface area (Å²) in [6, 6.07) is 4.78. The van der Waals surface area contributed by atoms with Gasteiger partial charge in [-0.1, -0.05) is 23.2 Å². The molecule has 0 spiro atoms. The smallest absolute Gasteiger partial charge is 0.254 e. The molecule has 0 saturated heterocycles. The van der Waals surface area contributed by atoms with E-state index >= 15 is 0 Å². The highest BCUT2D eigenvalue weighted by Gasteiger charge is 2.27. The van der Waals surface area contributed by atoms with Crippen molar-refractivity contribution >= 4 is 40.7 Å². The predicted molar refractivity (Wildman–Crippen MR) is 73.4 cm³/mol.